The van der Waals surface area contributed by atoms with Crippen LogP contribution in [0.15, 0.2) is 12.1 Å². The molecular weight excluding hydrogens is 408 g/mol. The van der Waals surface area contributed by atoms with Crippen molar-refractivity contribution in [1.29, 1.82) is 0 Å². The van der Waals surface area contributed by atoms with E-state index in [1.165, 1.54) is 33.5 Å². The number of anilines is 1. The fourth-order valence-corrected chi connectivity index (χ4v) is 2.92. The Bertz CT molecular complexity index is 790. The zero-order valence-electron chi connectivity index (χ0n) is 16.4. The van der Waals surface area contributed by atoms with Crippen molar-refractivity contribution in [2.24, 2.45) is 5.14 Å². The van der Waals surface area contributed by atoms with E-state index in [1.807, 2.05) is 0 Å². The van der Waals surface area contributed by atoms with Crippen LogP contribution in [-0.4, -0.2) is 59.4 Å². The van der Waals surface area contributed by atoms with E-state index in [2.05, 4.69) is 15.4 Å². The Balaban J connectivity index is 2.83. The Morgan fingerprint density at radius 1 is 1.10 bits per heavy atom. The van der Waals surface area contributed by atoms with Gasteiger partial charge in [0.05, 0.1) is 21.3 Å². The maximum atomic E-state index is 12.5. The first-order valence-corrected chi connectivity index (χ1v) is 10.0. The largest absolute Gasteiger partial charge is 0.493 e. The van der Waals surface area contributed by atoms with Crippen LogP contribution in [0, 0.1) is 0 Å². The van der Waals surface area contributed by atoms with Crippen LogP contribution in [0.3, 0.4) is 0 Å². The van der Waals surface area contributed by atoms with Gasteiger partial charge >= 0.3 is 6.09 Å². The minimum Gasteiger partial charge on any atom is -0.493 e. The van der Waals surface area contributed by atoms with E-state index in [0.29, 0.717) is 35.8 Å². The van der Waals surface area contributed by atoms with E-state index < -0.39 is 28.3 Å². The van der Waals surface area contributed by atoms with Gasteiger partial charge in [0, 0.05) is 24.4 Å². The molecule has 2 amide bonds. The maximum Gasteiger partial charge on any atom is 0.405 e. The Kier molecular flexibility index (Phi) is 9.44. The van der Waals surface area contributed by atoms with Gasteiger partial charge in [-0.1, -0.05) is 0 Å². The van der Waals surface area contributed by atoms with E-state index in [0.717, 1.165) is 0 Å². The van der Waals surface area contributed by atoms with Crippen molar-refractivity contribution in [2.45, 2.75) is 25.3 Å². The molecule has 0 radical (unpaired) electrons. The summed E-state index contributed by atoms with van der Waals surface area (Å²) in [5, 5.41) is 18.6. The van der Waals surface area contributed by atoms with Crippen molar-refractivity contribution >= 4 is 27.9 Å². The van der Waals surface area contributed by atoms with Crippen molar-refractivity contribution in [3.63, 3.8) is 0 Å². The number of carbonyl (C=O) groups is 2. The summed E-state index contributed by atoms with van der Waals surface area (Å²) in [6.45, 7) is 0.0765. The number of amides is 2. The second-order valence-corrected chi connectivity index (χ2v) is 7.22. The molecule has 29 heavy (non-hydrogen) atoms. The summed E-state index contributed by atoms with van der Waals surface area (Å²) < 4.78 is 39.4. The number of methoxy groups -OCH3 is 3. The van der Waals surface area contributed by atoms with Crippen LogP contribution in [0.1, 0.15) is 19.3 Å². The van der Waals surface area contributed by atoms with Gasteiger partial charge in [0.25, 0.3) is 10.2 Å². The Morgan fingerprint density at radius 2 is 1.69 bits per heavy atom. The molecular formula is C16H26N4O8S. The molecule has 1 unspecified atom stereocenters. The first-order chi connectivity index (χ1) is 13.6. The van der Waals surface area contributed by atoms with Gasteiger partial charge in [0.15, 0.2) is 11.5 Å². The number of rotatable bonds is 12. The lowest BCUT2D eigenvalue weighted by molar-refractivity contribution is -0.118. The first kappa shape index (κ1) is 24.3. The Labute approximate surface area is 168 Å². The molecule has 1 atom stereocenters. The number of nitrogens with one attached hydrogen (secondary N) is 3. The number of carboxylic acid groups (broad SMARTS) is 1. The smallest absolute Gasteiger partial charge is 0.405 e. The molecule has 12 nitrogen and oxygen atoms in total. The molecule has 0 aliphatic carbocycles. The Hall–Kier alpha value is -2.77. The molecule has 0 heterocycles. The molecule has 0 bridgehead atoms. The highest BCUT2D eigenvalue weighted by molar-refractivity contribution is 7.87. The molecule has 0 aliphatic rings. The monoisotopic (exact) mass is 434 g/mol. The van der Waals surface area contributed by atoms with Crippen LogP contribution >= 0.6 is 0 Å². The second kappa shape index (κ2) is 11.3. The van der Waals surface area contributed by atoms with Crippen LogP contribution in [0.2, 0.25) is 0 Å². The summed E-state index contributed by atoms with van der Waals surface area (Å²) in [6, 6.07) is 1.96. The fraction of sp³-hybridized carbons (Fsp3) is 0.500. The molecule has 0 fully saturated rings. The highest BCUT2D eigenvalue weighted by Gasteiger charge is 2.22. The lowest BCUT2D eigenvalue weighted by Gasteiger charge is -2.18. The van der Waals surface area contributed by atoms with Crippen molar-refractivity contribution in [2.75, 3.05) is 33.2 Å². The lowest BCUT2D eigenvalue weighted by atomic mass is 10.1. The predicted molar refractivity (Wildman–Crippen MR) is 105 cm³/mol. The van der Waals surface area contributed by atoms with Crippen molar-refractivity contribution in [3.8, 4) is 17.2 Å². The predicted octanol–water partition coefficient (Wildman–Crippen LogP) is 0.251. The third-order valence-corrected chi connectivity index (χ3v) is 4.38. The van der Waals surface area contributed by atoms with Gasteiger partial charge in [0.2, 0.25) is 11.7 Å². The van der Waals surface area contributed by atoms with E-state index in [1.54, 1.807) is 0 Å². The quantitative estimate of drug-likeness (QED) is 0.290. The Morgan fingerprint density at radius 3 is 2.14 bits per heavy atom. The average Bonchev–Trinajstić information content (AvgIpc) is 2.64. The number of benzene rings is 1. The third kappa shape index (κ3) is 8.41. The number of carbonyl (C=O) groups excluding carboxylic acids is 1. The van der Waals surface area contributed by atoms with Crippen LogP contribution < -0.4 is 34.7 Å². The van der Waals surface area contributed by atoms with E-state index in [9.17, 15) is 18.0 Å². The SMILES string of the molecule is COc1cc(NC(=O)C(CCCCNS(N)(=O)=O)NC(=O)O)cc(OC)c1OC. The first-order valence-electron chi connectivity index (χ1n) is 8.49. The van der Waals surface area contributed by atoms with Crippen molar-refractivity contribution in [3.05, 3.63) is 12.1 Å². The normalized spacial score (nSPS) is 12.0. The summed E-state index contributed by atoms with van der Waals surface area (Å²) >= 11 is 0. The van der Waals surface area contributed by atoms with Crippen LogP contribution in [0.5, 0.6) is 17.2 Å². The number of nitrogens with two attached hydrogens (primary N) is 1. The molecule has 1 aromatic carbocycles. The minimum atomic E-state index is -3.79. The standard InChI is InChI=1S/C16H26N4O8S/c1-26-12-8-10(9-13(27-2)14(12)28-3)19-15(21)11(20-16(22)23)6-4-5-7-18-29(17,24)25/h8-9,11,18,20H,4-7H2,1-3H3,(H,19,21)(H,22,23)(H2,17,24,25). The second-order valence-electron chi connectivity index (χ2n) is 5.84. The highest BCUT2D eigenvalue weighted by atomic mass is 32.2. The summed E-state index contributed by atoms with van der Waals surface area (Å²) in [7, 11) is 0.496. The summed E-state index contributed by atoms with van der Waals surface area (Å²) in [5.41, 5.74) is 0.317. The molecule has 0 saturated heterocycles. The molecule has 0 aromatic heterocycles. The van der Waals surface area contributed by atoms with Gasteiger partial charge in [0.1, 0.15) is 6.04 Å². The fourth-order valence-electron chi connectivity index (χ4n) is 2.49. The van der Waals surface area contributed by atoms with Gasteiger partial charge < -0.3 is 30.0 Å². The van der Waals surface area contributed by atoms with Gasteiger partial charge in [-0.25, -0.2) is 14.7 Å². The van der Waals surface area contributed by atoms with Gasteiger partial charge in [-0.05, 0) is 19.3 Å². The molecule has 0 spiro atoms. The zero-order chi connectivity index (χ0) is 22.0. The van der Waals surface area contributed by atoms with E-state index in [-0.39, 0.29) is 13.0 Å². The van der Waals surface area contributed by atoms with Gasteiger partial charge in [-0.3, -0.25) is 4.79 Å². The number of hydrogen-bond acceptors (Lipinski definition) is 7. The minimum absolute atomic E-state index is 0.0765. The van der Waals surface area contributed by atoms with Gasteiger partial charge in [-0.2, -0.15) is 8.42 Å². The van der Waals surface area contributed by atoms with Crippen molar-refractivity contribution in [1.82, 2.24) is 10.0 Å². The molecule has 164 valence electrons. The van der Waals surface area contributed by atoms with Gasteiger partial charge in [-0.15, -0.1) is 0 Å². The zero-order valence-corrected chi connectivity index (χ0v) is 17.2. The highest BCUT2D eigenvalue weighted by Crippen LogP contribution is 2.39. The average molecular weight is 434 g/mol. The molecule has 1 rings (SSSR count). The van der Waals surface area contributed by atoms with E-state index in [4.69, 9.17) is 24.5 Å². The summed E-state index contributed by atoms with van der Waals surface area (Å²) in [5.74, 6) is 0.384. The summed E-state index contributed by atoms with van der Waals surface area (Å²) in [4.78, 5) is 23.6. The van der Waals surface area contributed by atoms with Crippen LogP contribution in [0.25, 0.3) is 0 Å². The third-order valence-electron chi connectivity index (χ3n) is 3.77. The number of unbranched alkanes of at least 4 members (excludes halogenated alkanes) is 1. The molecule has 6 N–H and O–H groups in total. The molecule has 0 saturated carbocycles. The van der Waals surface area contributed by atoms with Crippen molar-refractivity contribution < 1.29 is 37.3 Å². The number of ether oxygens (including phenoxy) is 3. The van der Waals surface area contributed by atoms with Crippen LogP contribution in [-0.2, 0) is 15.0 Å². The maximum absolute atomic E-state index is 12.5. The topological polar surface area (TPSA) is 178 Å². The lowest BCUT2D eigenvalue weighted by Crippen LogP contribution is -2.43. The molecule has 1 aromatic rings. The molecule has 0 aliphatic heterocycles. The molecule has 13 heteroatoms. The summed E-state index contributed by atoms with van der Waals surface area (Å²) in [6.07, 6.45) is -0.478. The van der Waals surface area contributed by atoms with Crippen LogP contribution in [0.4, 0.5) is 10.5 Å². The van der Waals surface area contributed by atoms with E-state index >= 15 is 0 Å². The number of hydrogen-bond donors (Lipinski definition) is 5.